The summed E-state index contributed by atoms with van der Waals surface area (Å²) >= 11 is 5.39. The number of nitrogens with zero attached hydrogens (tertiary/aromatic N) is 1. The Labute approximate surface area is 104 Å². The summed E-state index contributed by atoms with van der Waals surface area (Å²) in [6.07, 6.45) is 4.05. The predicted molar refractivity (Wildman–Crippen MR) is 71.1 cm³/mol. The van der Waals surface area contributed by atoms with Crippen molar-refractivity contribution in [2.45, 2.75) is 52.1 Å². The number of hydrogen-bond donors (Lipinski definition) is 0. The molecule has 0 aliphatic carbocycles. The SMILES string of the molecule is CCCCOP(=S)(OCCCC)C(C)C#N. The standard InChI is InChI=1S/C11H22NO2PS/c1-4-6-8-13-15(16,11(3)10-12)14-9-7-5-2/h11H,4-9H2,1-3H3. The molecule has 0 aliphatic heterocycles. The van der Waals surface area contributed by atoms with Gasteiger partial charge in [-0.2, -0.15) is 5.26 Å². The van der Waals surface area contributed by atoms with Crippen LogP contribution in [0, 0.1) is 11.3 Å². The Morgan fingerprint density at radius 2 is 1.62 bits per heavy atom. The summed E-state index contributed by atoms with van der Waals surface area (Å²) in [4.78, 5) is 0. The lowest BCUT2D eigenvalue weighted by molar-refractivity contribution is 0.238. The molecule has 1 atom stereocenters. The summed E-state index contributed by atoms with van der Waals surface area (Å²) in [6.45, 7) is 4.79. The largest absolute Gasteiger partial charge is 0.328 e. The molecule has 5 heteroatoms. The predicted octanol–water partition coefficient (Wildman–Crippen LogP) is 3.84. The van der Waals surface area contributed by atoms with Gasteiger partial charge in [-0.25, -0.2) is 0 Å². The normalized spacial score (nSPS) is 13.4. The summed E-state index contributed by atoms with van der Waals surface area (Å²) in [5, 5.41) is 8.93. The molecule has 0 rings (SSSR count). The zero-order chi connectivity index (χ0) is 12.4. The van der Waals surface area contributed by atoms with Gasteiger partial charge in [-0.3, -0.25) is 0 Å². The second-order valence-electron chi connectivity index (χ2n) is 3.72. The monoisotopic (exact) mass is 263 g/mol. The molecule has 0 saturated heterocycles. The Kier molecular flexibility index (Phi) is 9.16. The molecule has 0 aromatic carbocycles. The van der Waals surface area contributed by atoms with E-state index in [1.54, 1.807) is 6.92 Å². The van der Waals surface area contributed by atoms with Crippen LogP contribution in [0.15, 0.2) is 0 Å². The second kappa shape index (κ2) is 9.13. The quantitative estimate of drug-likeness (QED) is 0.468. The molecule has 0 fully saturated rings. The summed E-state index contributed by atoms with van der Waals surface area (Å²) in [6, 6.07) is 2.15. The minimum absolute atomic E-state index is 0.323. The van der Waals surface area contributed by atoms with E-state index in [1.165, 1.54) is 0 Å². The van der Waals surface area contributed by atoms with Gasteiger partial charge in [0.25, 0.3) is 0 Å². The Morgan fingerprint density at radius 1 is 1.19 bits per heavy atom. The first-order valence-electron chi connectivity index (χ1n) is 5.89. The van der Waals surface area contributed by atoms with Crippen LogP contribution in [-0.4, -0.2) is 18.9 Å². The van der Waals surface area contributed by atoms with Crippen LogP contribution in [0.2, 0.25) is 0 Å². The highest BCUT2D eigenvalue weighted by atomic mass is 32.5. The van der Waals surface area contributed by atoms with Crippen LogP contribution in [0.25, 0.3) is 0 Å². The summed E-state index contributed by atoms with van der Waals surface area (Å²) in [5.74, 6) is 0. The minimum Gasteiger partial charge on any atom is -0.328 e. The third-order valence-corrected chi connectivity index (χ3v) is 5.93. The summed E-state index contributed by atoms with van der Waals surface area (Å²) < 4.78 is 11.3. The molecule has 0 aromatic heterocycles. The van der Waals surface area contributed by atoms with Gasteiger partial charge in [0.2, 0.25) is 6.49 Å². The van der Waals surface area contributed by atoms with E-state index in [0.717, 1.165) is 25.7 Å². The van der Waals surface area contributed by atoms with Crippen molar-refractivity contribution in [3.8, 4) is 6.07 Å². The van der Waals surface area contributed by atoms with E-state index in [9.17, 15) is 0 Å². The molecule has 0 aromatic rings. The molecule has 0 saturated carbocycles. The Hall–Kier alpha value is 0.0600. The van der Waals surface area contributed by atoms with Gasteiger partial charge >= 0.3 is 0 Å². The minimum atomic E-state index is -2.40. The maximum absolute atomic E-state index is 8.93. The van der Waals surface area contributed by atoms with Crippen molar-refractivity contribution in [1.29, 1.82) is 5.26 Å². The Morgan fingerprint density at radius 3 is 1.94 bits per heavy atom. The second-order valence-corrected chi connectivity index (χ2v) is 7.62. The molecule has 0 heterocycles. The Bertz CT molecular complexity index is 251. The van der Waals surface area contributed by atoms with Crippen molar-refractivity contribution in [3.05, 3.63) is 0 Å². The lowest BCUT2D eigenvalue weighted by atomic mass is 10.4. The molecule has 1 unspecified atom stereocenters. The first-order valence-corrected chi connectivity index (χ1v) is 8.59. The van der Waals surface area contributed by atoms with E-state index in [0.29, 0.717) is 13.2 Å². The van der Waals surface area contributed by atoms with Gasteiger partial charge in [-0.15, -0.1) is 0 Å². The molecule has 0 amide bonds. The molecule has 3 nitrogen and oxygen atoms in total. The molecule has 16 heavy (non-hydrogen) atoms. The van der Waals surface area contributed by atoms with Crippen LogP contribution < -0.4 is 0 Å². The maximum Gasteiger partial charge on any atom is 0.205 e. The van der Waals surface area contributed by atoms with Gasteiger partial charge in [0.05, 0.1) is 19.3 Å². The van der Waals surface area contributed by atoms with E-state index < -0.39 is 6.49 Å². The van der Waals surface area contributed by atoms with Crippen LogP contribution in [0.4, 0.5) is 0 Å². The number of unbranched alkanes of at least 4 members (excludes halogenated alkanes) is 2. The lowest BCUT2D eigenvalue weighted by Gasteiger charge is -2.24. The highest BCUT2D eigenvalue weighted by Crippen LogP contribution is 2.53. The zero-order valence-electron chi connectivity index (χ0n) is 10.4. The summed E-state index contributed by atoms with van der Waals surface area (Å²) in [7, 11) is 0. The lowest BCUT2D eigenvalue weighted by Crippen LogP contribution is -2.09. The fourth-order valence-corrected chi connectivity index (χ4v) is 3.02. The average Bonchev–Trinajstić information content (AvgIpc) is 2.28. The van der Waals surface area contributed by atoms with Crippen LogP contribution in [0.5, 0.6) is 0 Å². The topological polar surface area (TPSA) is 42.2 Å². The van der Waals surface area contributed by atoms with Crippen molar-refractivity contribution in [1.82, 2.24) is 0 Å². The van der Waals surface area contributed by atoms with E-state index in [2.05, 4.69) is 19.9 Å². The summed E-state index contributed by atoms with van der Waals surface area (Å²) in [5.41, 5.74) is -0.323. The van der Waals surface area contributed by atoms with Crippen LogP contribution in [0.3, 0.4) is 0 Å². The third-order valence-electron chi connectivity index (χ3n) is 2.20. The first-order chi connectivity index (χ1) is 7.60. The van der Waals surface area contributed by atoms with Crippen LogP contribution in [-0.2, 0) is 20.9 Å². The van der Waals surface area contributed by atoms with Gasteiger partial charge in [-0.1, -0.05) is 26.7 Å². The van der Waals surface area contributed by atoms with Gasteiger partial charge in [0.1, 0.15) is 5.66 Å². The van der Waals surface area contributed by atoms with E-state index in [4.69, 9.17) is 26.1 Å². The van der Waals surface area contributed by atoms with Crippen molar-refractivity contribution < 1.29 is 9.05 Å². The molecular formula is C11H22NO2PS. The molecule has 0 radical (unpaired) electrons. The van der Waals surface area contributed by atoms with Gasteiger partial charge in [-0.05, 0) is 31.6 Å². The third kappa shape index (κ3) is 5.96. The number of rotatable bonds is 9. The number of hydrogen-bond acceptors (Lipinski definition) is 4. The highest BCUT2D eigenvalue weighted by molar-refractivity contribution is 8.10. The molecular weight excluding hydrogens is 241 g/mol. The van der Waals surface area contributed by atoms with Gasteiger partial charge in [0.15, 0.2) is 0 Å². The van der Waals surface area contributed by atoms with Crippen molar-refractivity contribution in [2.24, 2.45) is 0 Å². The van der Waals surface area contributed by atoms with E-state index >= 15 is 0 Å². The average molecular weight is 263 g/mol. The Balaban J connectivity index is 4.26. The highest BCUT2D eigenvalue weighted by Gasteiger charge is 2.26. The van der Waals surface area contributed by atoms with Crippen LogP contribution in [0.1, 0.15) is 46.5 Å². The fourth-order valence-electron chi connectivity index (χ4n) is 1.00. The smallest absolute Gasteiger partial charge is 0.205 e. The van der Waals surface area contributed by atoms with Crippen molar-refractivity contribution >= 4 is 18.3 Å². The molecule has 0 N–H and O–H groups in total. The maximum atomic E-state index is 8.93. The molecule has 0 bridgehead atoms. The molecule has 0 aliphatic rings. The first kappa shape index (κ1) is 16.1. The van der Waals surface area contributed by atoms with Crippen LogP contribution >= 0.6 is 6.49 Å². The van der Waals surface area contributed by atoms with Gasteiger partial charge in [0, 0.05) is 0 Å². The number of nitriles is 1. The van der Waals surface area contributed by atoms with Crippen molar-refractivity contribution in [2.75, 3.05) is 13.2 Å². The molecule has 0 spiro atoms. The van der Waals surface area contributed by atoms with Gasteiger partial charge < -0.3 is 9.05 Å². The van der Waals surface area contributed by atoms with E-state index in [-0.39, 0.29) is 5.66 Å². The molecule has 94 valence electrons. The van der Waals surface area contributed by atoms with E-state index in [1.807, 2.05) is 0 Å². The zero-order valence-corrected chi connectivity index (χ0v) is 12.2. The fraction of sp³-hybridized carbons (Fsp3) is 0.909. The van der Waals surface area contributed by atoms with Crippen molar-refractivity contribution in [3.63, 3.8) is 0 Å².